The van der Waals surface area contributed by atoms with Gasteiger partial charge in [0.25, 0.3) is 0 Å². The van der Waals surface area contributed by atoms with Crippen molar-refractivity contribution in [2.24, 2.45) is 5.92 Å². The van der Waals surface area contributed by atoms with Crippen LogP contribution in [0.2, 0.25) is 0 Å². The minimum absolute atomic E-state index is 0.657. The third-order valence-electron chi connectivity index (χ3n) is 2.50. The molecular formula is C14H19NO. The first kappa shape index (κ1) is 12.6. The van der Waals surface area contributed by atoms with Crippen molar-refractivity contribution in [2.75, 3.05) is 6.61 Å². The average molecular weight is 217 g/mol. The highest BCUT2D eigenvalue weighted by Gasteiger charge is 2.01. The van der Waals surface area contributed by atoms with Crippen LogP contribution in [0.4, 0.5) is 0 Å². The summed E-state index contributed by atoms with van der Waals surface area (Å²) in [6, 6.07) is 7.68. The molecule has 0 fully saturated rings. The number of benzene rings is 1. The van der Waals surface area contributed by atoms with Gasteiger partial charge >= 0.3 is 0 Å². The molecule has 0 amide bonds. The van der Waals surface area contributed by atoms with Crippen molar-refractivity contribution in [2.45, 2.75) is 33.6 Å². The van der Waals surface area contributed by atoms with Crippen molar-refractivity contribution in [3.05, 3.63) is 29.3 Å². The molecule has 0 aromatic heterocycles. The smallest absolute Gasteiger partial charge is 0.123 e. The molecule has 0 aliphatic heterocycles. The predicted molar refractivity (Wildman–Crippen MR) is 65.5 cm³/mol. The van der Waals surface area contributed by atoms with Gasteiger partial charge in [-0.15, -0.1) is 0 Å². The van der Waals surface area contributed by atoms with E-state index in [0.29, 0.717) is 5.56 Å². The molecule has 0 bridgehead atoms. The van der Waals surface area contributed by atoms with Gasteiger partial charge in [-0.1, -0.05) is 19.9 Å². The summed E-state index contributed by atoms with van der Waals surface area (Å²) in [6.07, 6.45) is 2.24. The monoisotopic (exact) mass is 217 g/mol. The highest BCUT2D eigenvalue weighted by Crippen LogP contribution is 2.19. The molecular weight excluding hydrogens is 198 g/mol. The Balaban J connectivity index is 2.50. The van der Waals surface area contributed by atoms with Crippen molar-refractivity contribution < 1.29 is 4.74 Å². The van der Waals surface area contributed by atoms with E-state index < -0.39 is 0 Å². The fourth-order valence-corrected chi connectivity index (χ4v) is 1.50. The molecule has 1 aromatic carbocycles. The zero-order chi connectivity index (χ0) is 12.0. The van der Waals surface area contributed by atoms with Crippen LogP contribution in [-0.2, 0) is 0 Å². The molecule has 0 atom stereocenters. The summed E-state index contributed by atoms with van der Waals surface area (Å²) in [5.41, 5.74) is 1.74. The second kappa shape index (κ2) is 6.17. The molecule has 0 radical (unpaired) electrons. The van der Waals surface area contributed by atoms with Crippen LogP contribution in [0, 0.1) is 24.2 Å². The van der Waals surface area contributed by atoms with E-state index in [1.54, 1.807) is 0 Å². The molecule has 86 valence electrons. The quantitative estimate of drug-likeness (QED) is 0.705. The Morgan fingerprint density at radius 3 is 2.75 bits per heavy atom. The Hall–Kier alpha value is -1.49. The van der Waals surface area contributed by atoms with Gasteiger partial charge in [0.1, 0.15) is 5.75 Å². The van der Waals surface area contributed by atoms with Gasteiger partial charge in [-0.3, -0.25) is 0 Å². The molecule has 0 aliphatic carbocycles. The standard InChI is InChI=1S/C14H19NO/c1-11(2)5-4-8-16-14-9-13(10-15)7-6-12(14)3/h6-7,9,11H,4-5,8H2,1-3H3. The van der Waals surface area contributed by atoms with E-state index in [9.17, 15) is 0 Å². The molecule has 0 spiro atoms. The largest absolute Gasteiger partial charge is 0.493 e. The summed E-state index contributed by atoms with van der Waals surface area (Å²) in [7, 11) is 0. The van der Waals surface area contributed by atoms with Crippen LogP contribution in [0.1, 0.15) is 37.8 Å². The number of nitriles is 1. The summed E-state index contributed by atoms with van der Waals surface area (Å²) >= 11 is 0. The maximum Gasteiger partial charge on any atom is 0.123 e. The van der Waals surface area contributed by atoms with Crippen molar-refractivity contribution in [3.8, 4) is 11.8 Å². The first-order chi connectivity index (χ1) is 7.63. The van der Waals surface area contributed by atoms with Crippen LogP contribution >= 0.6 is 0 Å². The summed E-state index contributed by atoms with van der Waals surface area (Å²) in [5.74, 6) is 1.55. The van der Waals surface area contributed by atoms with Gasteiger partial charge < -0.3 is 4.74 Å². The number of ether oxygens (including phenoxy) is 1. The van der Waals surface area contributed by atoms with Gasteiger partial charge in [0.2, 0.25) is 0 Å². The van der Waals surface area contributed by atoms with Gasteiger partial charge in [-0.05, 0) is 43.4 Å². The van der Waals surface area contributed by atoms with Crippen molar-refractivity contribution in [1.82, 2.24) is 0 Å². The van der Waals surface area contributed by atoms with Crippen LogP contribution < -0.4 is 4.74 Å². The molecule has 0 N–H and O–H groups in total. The van der Waals surface area contributed by atoms with Crippen molar-refractivity contribution in [3.63, 3.8) is 0 Å². The van der Waals surface area contributed by atoms with E-state index in [-0.39, 0.29) is 0 Å². The fourth-order valence-electron chi connectivity index (χ4n) is 1.50. The number of hydrogen-bond donors (Lipinski definition) is 0. The van der Waals surface area contributed by atoms with E-state index in [1.165, 1.54) is 6.42 Å². The minimum Gasteiger partial charge on any atom is -0.493 e. The first-order valence-electron chi connectivity index (χ1n) is 5.77. The van der Waals surface area contributed by atoms with E-state index in [2.05, 4.69) is 19.9 Å². The third kappa shape index (κ3) is 3.94. The molecule has 0 saturated carbocycles. The lowest BCUT2D eigenvalue weighted by atomic mass is 10.1. The lowest BCUT2D eigenvalue weighted by Gasteiger charge is -2.10. The van der Waals surface area contributed by atoms with Gasteiger partial charge in [-0.25, -0.2) is 0 Å². The highest BCUT2D eigenvalue weighted by molar-refractivity contribution is 5.41. The Kier molecular flexibility index (Phi) is 4.85. The summed E-state index contributed by atoms with van der Waals surface area (Å²) in [5, 5.41) is 8.79. The first-order valence-corrected chi connectivity index (χ1v) is 5.77. The van der Waals surface area contributed by atoms with Crippen molar-refractivity contribution in [1.29, 1.82) is 5.26 Å². The van der Waals surface area contributed by atoms with Crippen LogP contribution in [0.25, 0.3) is 0 Å². The molecule has 1 aromatic rings. The van der Waals surface area contributed by atoms with E-state index in [4.69, 9.17) is 10.00 Å². The third-order valence-corrected chi connectivity index (χ3v) is 2.50. The molecule has 1 rings (SSSR count). The second-order valence-electron chi connectivity index (χ2n) is 4.48. The minimum atomic E-state index is 0.657. The normalized spacial score (nSPS) is 10.2. The van der Waals surface area contributed by atoms with E-state index in [0.717, 1.165) is 30.3 Å². The van der Waals surface area contributed by atoms with Crippen LogP contribution in [0.5, 0.6) is 5.75 Å². The number of hydrogen-bond acceptors (Lipinski definition) is 2. The number of aryl methyl sites for hydroxylation is 1. The topological polar surface area (TPSA) is 33.0 Å². The molecule has 0 saturated heterocycles. The SMILES string of the molecule is Cc1ccc(C#N)cc1OCCCC(C)C. The molecule has 0 unspecified atom stereocenters. The zero-order valence-electron chi connectivity index (χ0n) is 10.3. The summed E-state index contributed by atoms with van der Waals surface area (Å²) in [6.45, 7) is 7.15. The van der Waals surface area contributed by atoms with Gasteiger partial charge in [0, 0.05) is 0 Å². The van der Waals surface area contributed by atoms with Gasteiger partial charge in [-0.2, -0.15) is 5.26 Å². The Morgan fingerprint density at radius 2 is 2.12 bits per heavy atom. The molecule has 16 heavy (non-hydrogen) atoms. The van der Waals surface area contributed by atoms with Crippen molar-refractivity contribution >= 4 is 0 Å². The van der Waals surface area contributed by atoms with E-state index >= 15 is 0 Å². The molecule has 2 heteroatoms. The summed E-state index contributed by atoms with van der Waals surface area (Å²) < 4.78 is 5.68. The molecule has 2 nitrogen and oxygen atoms in total. The molecule has 0 aliphatic rings. The Morgan fingerprint density at radius 1 is 1.38 bits per heavy atom. The average Bonchev–Trinajstić information content (AvgIpc) is 2.26. The van der Waals surface area contributed by atoms with Crippen LogP contribution in [-0.4, -0.2) is 6.61 Å². The van der Waals surface area contributed by atoms with Gasteiger partial charge in [0.15, 0.2) is 0 Å². The zero-order valence-corrected chi connectivity index (χ0v) is 10.3. The highest BCUT2D eigenvalue weighted by atomic mass is 16.5. The summed E-state index contributed by atoms with van der Waals surface area (Å²) in [4.78, 5) is 0. The number of nitrogens with zero attached hydrogens (tertiary/aromatic N) is 1. The Bertz CT molecular complexity index is 377. The maximum atomic E-state index is 8.79. The number of rotatable bonds is 5. The Labute approximate surface area is 97.9 Å². The fraction of sp³-hybridized carbons (Fsp3) is 0.500. The van der Waals surface area contributed by atoms with Crippen LogP contribution in [0.3, 0.4) is 0 Å². The lowest BCUT2D eigenvalue weighted by Crippen LogP contribution is -2.01. The predicted octanol–water partition coefficient (Wildman–Crippen LogP) is 3.68. The van der Waals surface area contributed by atoms with Gasteiger partial charge in [0.05, 0.1) is 18.2 Å². The second-order valence-corrected chi connectivity index (χ2v) is 4.48. The molecule has 0 heterocycles. The van der Waals surface area contributed by atoms with Crippen LogP contribution in [0.15, 0.2) is 18.2 Å². The maximum absolute atomic E-state index is 8.79. The lowest BCUT2D eigenvalue weighted by molar-refractivity contribution is 0.296. The van der Waals surface area contributed by atoms with E-state index in [1.807, 2.05) is 25.1 Å².